The van der Waals surface area contributed by atoms with Crippen molar-refractivity contribution in [3.63, 3.8) is 0 Å². The Hall–Kier alpha value is -2.03. The molecule has 0 aliphatic carbocycles. The molecule has 3 heteroatoms. The largest absolute Gasteiger partial charge is 0.478 e. The zero-order chi connectivity index (χ0) is 15.2. The fourth-order valence-corrected chi connectivity index (χ4v) is 2.88. The molecule has 0 spiro atoms. The first-order valence-corrected chi connectivity index (χ1v) is 7.37. The minimum absolute atomic E-state index is 0.275. The van der Waals surface area contributed by atoms with Crippen LogP contribution in [0, 0.1) is 11.3 Å². The van der Waals surface area contributed by atoms with Gasteiger partial charge in [-0.05, 0) is 34.2 Å². The van der Waals surface area contributed by atoms with E-state index in [2.05, 4.69) is 25.7 Å². The van der Waals surface area contributed by atoms with Crippen LogP contribution in [0.2, 0.25) is 0 Å². The molecule has 0 amide bonds. The van der Waals surface area contributed by atoms with Crippen molar-refractivity contribution in [3.05, 3.63) is 42.0 Å². The van der Waals surface area contributed by atoms with Gasteiger partial charge in [-0.1, -0.05) is 45.0 Å². The molecule has 0 atom stereocenters. The van der Waals surface area contributed by atoms with Crippen LogP contribution in [0.1, 0.15) is 31.1 Å². The van der Waals surface area contributed by atoms with Crippen LogP contribution in [-0.2, 0) is 0 Å². The first kappa shape index (κ1) is 13.9. The second-order valence-corrected chi connectivity index (χ2v) is 6.99. The molecule has 0 saturated carbocycles. The summed E-state index contributed by atoms with van der Waals surface area (Å²) in [6.45, 7) is 8.60. The summed E-state index contributed by atoms with van der Waals surface area (Å²) in [5, 5.41) is 11.6. The van der Waals surface area contributed by atoms with Crippen LogP contribution in [0.4, 0.5) is 5.69 Å². The molecule has 0 unspecified atom stereocenters. The molecule has 0 bridgehead atoms. The number of carbonyl (C=O) groups is 1. The summed E-state index contributed by atoms with van der Waals surface area (Å²) in [7, 11) is 0. The SMILES string of the molecule is CC(C)(C)C1CN(c2cc3ccccc3cc2C(=O)O)C1. The van der Waals surface area contributed by atoms with Crippen molar-refractivity contribution in [1.82, 2.24) is 0 Å². The zero-order valence-corrected chi connectivity index (χ0v) is 12.8. The molecular formula is C18H21NO2. The van der Waals surface area contributed by atoms with Gasteiger partial charge in [0.25, 0.3) is 0 Å². The Balaban J connectivity index is 1.98. The summed E-state index contributed by atoms with van der Waals surface area (Å²) in [6, 6.07) is 11.7. The summed E-state index contributed by atoms with van der Waals surface area (Å²) < 4.78 is 0. The lowest BCUT2D eigenvalue weighted by Crippen LogP contribution is -2.52. The zero-order valence-electron chi connectivity index (χ0n) is 12.8. The highest BCUT2D eigenvalue weighted by molar-refractivity contribution is 6.01. The maximum atomic E-state index is 11.6. The fourth-order valence-electron chi connectivity index (χ4n) is 2.88. The van der Waals surface area contributed by atoms with Crippen molar-refractivity contribution in [3.8, 4) is 0 Å². The predicted molar refractivity (Wildman–Crippen MR) is 86.1 cm³/mol. The summed E-state index contributed by atoms with van der Waals surface area (Å²) in [5.74, 6) is -0.236. The van der Waals surface area contributed by atoms with Gasteiger partial charge in [0, 0.05) is 13.1 Å². The third-order valence-electron chi connectivity index (χ3n) is 4.54. The number of carboxylic acids is 1. The molecule has 1 saturated heterocycles. The molecule has 1 heterocycles. The number of aromatic carboxylic acids is 1. The second kappa shape index (κ2) is 4.76. The normalized spacial score (nSPS) is 16.0. The monoisotopic (exact) mass is 283 g/mol. The first-order chi connectivity index (χ1) is 9.86. The Morgan fingerprint density at radius 2 is 1.71 bits per heavy atom. The van der Waals surface area contributed by atoms with Crippen molar-refractivity contribution in [2.75, 3.05) is 18.0 Å². The van der Waals surface area contributed by atoms with Gasteiger partial charge in [0.05, 0.1) is 11.3 Å². The molecule has 2 aromatic carbocycles. The van der Waals surface area contributed by atoms with E-state index in [1.54, 1.807) is 6.07 Å². The number of rotatable bonds is 2. The molecule has 1 fully saturated rings. The van der Waals surface area contributed by atoms with Gasteiger partial charge in [0.2, 0.25) is 0 Å². The van der Waals surface area contributed by atoms with Crippen molar-refractivity contribution >= 4 is 22.4 Å². The van der Waals surface area contributed by atoms with E-state index in [9.17, 15) is 9.90 Å². The van der Waals surface area contributed by atoms with Gasteiger partial charge in [0.15, 0.2) is 0 Å². The number of hydrogen-bond donors (Lipinski definition) is 1. The van der Waals surface area contributed by atoms with Gasteiger partial charge < -0.3 is 10.0 Å². The van der Waals surface area contributed by atoms with Crippen LogP contribution < -0.4 is 4.90 Å². The van der Waals surface area contributed by atoms with Gasteiger partial charge in [0.1, 0.15) is 0 Å². The smallest absolute Gasteiger partial charge is 0.337 e. The molecule has 1 aliphatic rings. The van der Waals surface area contributed by atoms with E-state index in [4.69, 9.17) is 0 Å². The molecule has 0 radical (unpaired) electrons. The van der Waals surface area contributed by atoms with Gasteiger partial charge in [-0.15, -0.1) is 0 Å². The number of carboxylic acid groups (broad SMARTS) is 1. The Morgan fingerprint density at radius 1 is 1.14 bits per heavy atom. The van der Waals surface area contributed by atoms with Crippen molar-refractivity contribution < 1.29 is 9.90 Å². The van der Waals surface area contributed by atoms with E-state index in [1.807, 2.05) is 30.3 Å². The predicted octanol–water partition coefficient (Wildman–Crippen LogP) is 4.02. The second-order valence-electron chi connectivity index (χ2n) is 6.99. The van der Waals surface area contributed by atoms with Crippen LogP contribution in [-0.4, -0.2) is 24.2 Å². The highest BCUT2D eigenvalue weighted by Gasteiger charge is 2.37. The highest BCUT2D eigenvalue weighted by atomic mass is 16.4. The summed E-state index contributed by atoms with van der Waals surface area (Å²) in [6.07, 6.45) is 0. The minimum atomic E-state index is -0.852. The van der Waals surface area contributed by atoms with Gasteiger partial charge in [-0.3, -0.25) is 0 Å². The van der Waals surface area contributed by atoms with Crippen LogP contribution in [0.25, 0.3) is 10.8 Å². The Labute approximate surface area is 125 Å². The number of hydrogen-bond acceptors (Lipinski definition) is 2. The van der Waals surface area contributed by atoms with Crippen molar-refractivity contribution in [2.45, 2.75) is 20.8 Å². The molecule has 2 aromatic rings. The lowest BCUT2D eigenvalue weighted by Gasteiger charge is -2.48. The third kappa shape index (κ3) is 2.48. The Kier molecular flexibility index (Phi) is 3.16. The van der Waals surface area contributed by atoms with Crippen LogP contribution in [0.3, 0.4) is 0 Å². The number of fused-ring (bicyclic) bond motifs is 1. The molecule has 1 aliphatic heterocycles. The van der Waals surface area contributed by atoms with E-state index in [0.29, 0.717) is 11.5 Å². The molecule has 3 rings (SSSR count). The molecule has 0 aromatic heterocycles. The van der Waals surface area contributed by atoms with E-state index in [1.165, 1.54) is 0 Å². The molecule has 21 heavy (non-hydrogen) atoms. The minimum Gasteiger partial charge on any atom is -0.478 e. The summed E-state index contributed by atoms with van der Waals surface area (Å²) >= 11 is 0. The average molecular weight is 283 g/mol. The highest BCUT2D eigenvalue weighted by Crippen LogP contribution is 2.38. The Bertz CT molecular complexity index is 694. The third-order valence-corrected chi connectivity index (χ3v) is 4.54. The molecular weight excluding hydrogens is 262 g/mol. The van der Waals surface area contributed by atoms with Crippen LogP contribution in [0.5, 0.6) is 0 Å². The standard InChI is InChI=1S/C18H21NO2/c1-18(2,3)14-10-19(11-14)16-9-13-7-5-4-6-12(13)8-15(16)17(20)21/h4-9,14H,10-11H2,1-3H3,(H,20,21). The molecule has 3 nitrogen and oxygen atoms in total. The van der Waals surface area contributed by atoms with Gasteiger partial charge >= 0.3 is 5.97 Å². The van der Waals surface area contributed by atoms with Crippen molar-refractivity contribution in [1.29, 1.82) is 0 Å². The van der Waals surface area contributed by atoms with E-state index < -0.39 is 5.97 Å². The molecule has 1 N–H and O–H groups in total. The van der Waals surface area contributed by atoms with Crippen LogP contribution in [0.15, 0.2) is 36.4 Å². The van der Waals surface area contributed by atoms with E-state index in [-0.39, 0.29) is 5.41 Å². The number of benzene rings is 2. The van der Waals surface area contributed by atoms with Crippen molar-refractivity contribution in [2.24, 2.45) is 11.3 Å². The number of nitrogens with zero attached hydrogens (tertiary/aromatic N) is 1. The van der Waals surface area contributed by atoms with E-state index in [0.717, 1.165) is 29.5 Å². The average Bonchev–Trinajstić information content (AvgIpc) is 2.34. The first-order valence-electron chi connectivity index (χ1n) is 7.37. The lowest BCUT2D eigenvalue weighted by atomic mass is 9.75. The fraction of sp³-hybridized carbons (Fsp3) is 0.389. The summed E-state index contributed by atoms with van der Waals surface area (Å²) in [4.78, 5) is 13.7. The maximum absolute atomic E-state index is 11.6. The summed E-state index contributed by atoms with van der Waals surface area (Å²) in [5.41, 5.74) is 1.53. The van der Waals surface area contributed by atoms with Gasteiger partial charge in [-0.2, -0.15) is 0 Å². The molecule has 110 valence electrons. The Morgan fingerprint density at radius 3 is 2.24 bits per heavy atom. The lowest BCUT2D eigenvalue weighted by molar-refractivity contribution is 0.0697. The quantitative estimate of drug-likeness (QED) is 0.905. The van der Waals surface area contributed by atoms with Gasteiger partial charge in [-0.25, -0.2) is 4.79 Å². The topological polar surface area (TPSA) is 40.5 Å². The van der Waals surface area contributed by atoms with E-state index >= 15 is 0 Å². The van der Waals surface area contributed by atoms with Crippen LogP contribution >= 0.6 is 0 Å². The number of anilines is 1. The maximum Gasteiger partial charge on any atom is 0.337 e.